The Morgan fingerprint density at radius 1 is 0.659 bits per heavy atom. The topological polar surface area (TPSA) is 6.48 Å². The summed E-state index contributed by atoms with van der Waals surface area (Å²) in [5, 5.41) is 0. The molecule has 1 aromatic carbocycles. The first-order chi connectivity index (χ1) is 21.8. The SMILES string of the molecule is C1=CCC(C2=CC(N3C4=C(C=CCC4)C4=C5c6ccccc6N(C6=CC(C7C=CC=CC7)CC=C6)C5CCC43)CC=C2)C=C1. The van der Waals surface area contributed by atoms with Crippen molar-refractivity contribution in [3.63, 3.8) is 0 Å². The fraction of sp³-hybridized carbons (Fsp3) is 0.333. The minimum Gasteiger partial charge on any atom is -0.360 e. The van der Waals surface area contributed by atoms with E-state index in [1.54, 1.807) is 16.8 Å². The Morgan fingerprint density at radius 2 is 1.50 bits per heavy atom. The van der Waals surface area contributed by atoms with Crippen LogP contribution in [0.25, 0.3) is 5.57 Å². The fourth-order valence-corrected chi connectivity index (χ4v) is 9.36. The van der Waals surface area contributed by atoms with E-state index in [9.17, 15) is 0 Å². The standard InChI is InChI=1S/C42H42N2/c1-3-13-29(14-4-1)31-17-11-19-33(27-31)43-37-23-9-7-21-35(37)41-39(43)25-26-40-42(41)36-22-8-10-24-38(36)44(40)34-20-12-18-32(28-34)30-15-5-2-6-16-30/h1-9,11-13,15,18-19,21-23,27-31,34,39-40H,10,14,16-17,20,24-26H2. The number of nitrogens with zero attached hydrogens (tertiary/aromatic N) is 2. The van der Waals surface area contributed by atoms with Crippen molar-refractivity contribution in [2.24, 2.45) is 17.8 Å². The van der Waals surface area contributed by atoms with Crippen molar-refractivity contribution in [2.45, 2.75) is 69.5 Å². The maximum Gasteiger partial charge on any atom is 0.0602 e. The first-order valence-electron chi connectivity index (χ1n) is 17.1. The summed E-state index contributed by atoms with van der Waals surface area (Å²) in [4.78, 5) is 5.60. The first kappa shape index (κ1) is 26.4. The number of hydrogen-bond donors (Lipinski definition) is 0. The summed E-state index contributed by atoms with van der Waals surface area (Å²) >= 11 is 0. The molecule has 6 unspecified atom stereocenters. The van der Waals surface area contributed by atoms with Crippen LogP contribution in [0.2, 0.25) is 0 Å². The van der Waals surface area contributed by atoms with E-state index in [4.69, 9.17) is 0 Å². The van der Waals surface area contributed by atoms with Crippen LogP contribution >= 0.6 is 0 Å². The van der Waals surface area contributed by atoms with E-state index in [0.717, 1.165) is 38.5 Å². The molecule has 0 saturated carbocycles. The van der Waals surface area contributed by atoms with Crippen molar-refractivity contribution in [3.8, 4) is 0 Å². The molecule has 0 bridgehead atoms. The molecule has 220 valence electrons. The second-order valence-electron chi connectivity index (χ2n) is 13.7. The van der Waals surface area contributed by atoms with E-state index in [0.29, 0.717) is 35.9 Å². The van der Waals surface area contributed by atoms with Crippen LogP contribution in [0.5, 0.6) is 0 Å². The van der Waals surface area contributed by atoms with Gasteiger partial charge < -0.3 is 9.80 Å². The van der Waals surface area contributed by atoms with Gasteiger partial charge in [-0.15, -0.1) is 0 Å². The molecule has 6 aliphatic carbocycles. The summed E-state index contributed by atoms with van der Waals surface area (Å²) in [6, 6.07) is 10.6. The van der Waals surface area contributed by atoms with Crippen LogP contribution in [0.15, 0.2) is 150 Å². The molecule has 2 heterocycles. The van der Waals surface area contributed by atoms with Crippen LogP contribution in [0.3, 0.4) is 0 Å². The molecule has 0 amide bonds. The molecule has 8 aliphatic rings. The Hall–Kier alpha value is -4.04. The molecule has 9 rings (SSSR count). The maximum absolute atomic E-state index is 2.88. The van der Waals surface area contributed by atoms with Gasteiger partial charge in [0.2, 0.25) is 0 Å². The van der Waals surface area contributed by atoms with Crippen LogP contribution in [0, 0.1) is 17.8 Å². The second kappa shape index (κ2) is 10.8. The molecule has 0 spiro atoms. The molecule has 6 atom stereocenters. The number of rotatable bonds is 4. The molecule has 0 saturated heterocycles. The third-order valence-corrected chi connectivity index (χ3v) is 11.3. The Balaban J connectivity index is 1.12. The molecular weight excluding hydrogens is 532 g/mol. The van der Waals surface area contributed by atoms with E-state index in [1.807, 2.05) is 0 Å². The lowest BCUT2D eigenvalue weighted by atomic mass is 9.79. The third kappa shape index (κ3) is 4.21. The predicted molar refractivity (Wildman–Crippen MR) is 184 cm³/mol. The summed E-state index contributed by atoms with van der Waals surface area (Å²) in [6.07, 6.45) is 47.4. The monoisotopic (exact) mass is 574 g/mol. The summed E-state index contributed by atoms with van der Waals surface area (Å²) in [5.41, 5.74) is 12.1. The van der Waals surface area contributed by atoms with Crippen molar-refractivity contribution in [2.75, 3.05) is 4.90 Å². The Morgan fingerprint density at radius 3 is 2.39 bits per heavy atom. The van der Waals surface area contributed by atoms with Crippen molar-refractivity contribution in [1.29, 1.82) is 0 Å². The highest BCUT2D eigenvalue weighted by molar-refractivity contribution is 5.95. The van der Waals surface area contributed by atoms with Gasteiger partial charge in [-0.1, -0.05) is 109 Å². The Labute approximate surface area is 262 Å². The van der Waals surface area contributed by atoms with E-state index >= 15 is 0 Å². The van der Waals surface area contributed by atoms with Crippen LogP contribution < -0.4 is 4.90 Å². The molecule has 1 aromatic rings. The van der Waals surface area contributed by atoms with Crippen molar-refractivity contribution < 1.29 is 0 Å². The van der Waals surface area contributed by atoms with Crippen molar-refractivity contribution in [1.82, 2.24) is 4.90 Å². The van der Waals surface area contributed by atoms with Gasteiger partial charge in [-0.2, -0.15) is 0 Å². The minimum absolute atomic E-state index is 0.399. The number of anilines is 1. The average molecular weight is 575 g/mol. The van der Waals surface area contributed by atoms with Gasteiger partial charge >= 0.3 is 0 Å². The summed E-state index contributed by atoms with van der Waals surface area (Å²) in [5.74, 6) is 1.66. The van der Waals surface area contributed by atoms with Gasteiger partial charge in [0.05, 0.1) is 18.1 Å². The van der Waals surface area contributed by atoms with E-state index < -0.39 is 0 Å². The zero-order valence-electron chi connectivity index (χ0n) is 25.6. The lowest BCUT2D eigenvalue weighted by molar-refractivity contribution is 0.229. The maximum atomic E-state index is 2.88. The molecular formula is C42H42N2. The zero-order valence-corrected chi connectivity index (χ0v) is 25.6. The second-order valence-corrected chi connectivity index (χ2v) is 13.7. The molecule has 0 radical (unpaired) electrons. The molecule has 0 aromatic heterocycles. The molecule has 2 aliphatic heterocycles. The van der Waals surface area contributed by atoms with Gasteiger partial charge in [0, 0.05) is 28.6 Å². The molecule has 2 heteroatoms. The Bertz CT molecular complexity index is 1710. The largest absolute Gasteiger partial charge is 0.360 e. The number of hydrogen-bond acceptors (Lipinski definition) is 2. The van der Waals surface area contributed by atoms with E-state index in [-0.39, 0.29) is 0 Å². The quantitative estimate of drug-likeness (QED) is 0.353. The number of para-hydroxylation sites is 1. The highest BCUT2D eigenvalue weighted by Crippen LogP contribution is 2.56. The van der Waals surface area contributed by atoms with Crippen LogP contribution in [-0.2, 0) is 0 Å². The summed E-state index contributed by atoms with van der Waals surface area (Å²) < 4.78 is 0. The highest BCUT2D eigenvalue weighted by atomic mass is 15.2. The van der Waals surface area contributed by atoms with Crippen LogP contribution in [0.1, 0.15) is 56.9 Å². The summed E-state index contributed by atoms with van der Waals surface area (Å²) in [6.45, 7) is 0. The van der Waals surface area contributed by atoms with Gasteiger partial charge in [0.1, 0.15) is 0 Å². The van der Waals surface area contributed by atoms with Crippen molar-refractivity contribution >= 4 is 11.3 Å². The van der Waals surface area contributed by atoms with Crippen LogP contribution in [0.4, 0.5) is 5.69 Å². The van der Waals surface area contributed by atoms with Gasteiger partial charge in [0.15, 0.2) is 0 Å². The lowest BCUT2D eigenvalue weighted by Gasteiger charge is -2.42. The molecule has 44 heavy (non-hydrogen) atoms. The van der Waals surface area contributed by atoms with Gasteiger partial charge in [0.25, 0.3) is 0 Å². The summed E-state index contributed by atoms with van der Waals surface area (Å²) in [7, 11) is 0. The number of benzene rings is 1. The molecule has 0 N–H and O–H groups in total. The predicted octanol–water partition coefficient (Wildman–Crippen LogP) is 9.69. The molecule has 0 fully saturated rings. The highest BCUT2D eigenvalue weighted by Gasteiger charge is 2.48. The smallest absolute Gasteiger partial charge is 0.0602 e. The van der Waals surface area contributed by atoms with Gasteiger partial charge in [-0.05, 0) is 97.6 Å². The van der Waals surface area contributed by atoms with Crippen molar-refractivity contribution in [3.05, 3.63) is 155 Å². The first-order valence-corrected chi connectivity index (χ1v) is 17.1. The fourth-order valence-electron chi connectivity index (χ4n) is 9.36. The third-order valence-electron chi connectivity index (χ3n) is 11.3. The average Bonchev–Trinajstić information content (AvgIpc) is 3.62. The Kier molecular flexibility index (Phi) is 6.50. The van der Waals surface area contributed by atoms with Gasteiger partial charge in [-0.25, -0.2) is 0 Å². The minimum atomic E-state index is 0.399. The van der Waals surface area contributed by atoms with Gasteiger partial charge in [-0.3, -0.25) is 0 Å². The van der Waals surface area contributed by atoms with Crippen LogP contribution in [-0.4, -0.2) is 23.0 Å². The lowest BCUT2D eigenvalue weighted by Crippen LogP contribution is -2.43. The van der Waals surface area contributed by atoms with E-state index in [2.05, 4.69) is 131 Å². The van der Waals surface area contributed by atoms with E-state index in [1.165, 1.54) is 40.9 Å². The number of fused-ring (bicyclic) bond motifs is 5. The number of allylic oxidation sites excluding steroid dienone is 16. The molecule has 2 nitrogen and oxygen atoms in total. The normalized spacial score (nSPS) is 33.0. The zero-order chi connectivity index (χ0) is 29.0.